The number of pyridine rings is 1. The number of aromatic nitrogens is 1. The van der Waals surface area contributed by atoms with Gasteiger partial charge >= 0.3 is 0 Å². The van der Waals surface area contributed by atoms with Crippen molar-refractivity contribution in [2.75, 3.05) is 19.9 Å². The van der Waals surface area contributed by atoms with Crippen LogP contribution in [0.1, 0.15) is 28.9 Å². The molecule has 0 saturated carbocycles. The molecule has 1 aromatic heterocycles. The standard InChI is InChI=1S/C20H24N2O2/c1-14-7-18(8-15(2)21-14)9-17-5-6-22(12-17)11-16-3-4-19-20(10-16)24-13-23-19/h3-4,7-8,10,17H,5-6,9,11-13H2,1-2H3. The topological polar surface area (TPSA) is 34.6 Å². The lowest BCUT2D eigenvalue weighted by Crippen LogP contribution is -2.20. The van der Waals surface area contributed by atoms with Crippen LogP contribution in [0.25, 0.3) is 0 Å². The molecule has 0 spiro atoms. The second kappa shape index (κ2) is 6.44. The molecule has 4 nitrogen and oxygen atoms in total. The molecule has 24 heavy (non-hydrogen) atoms. The van der Waals surface area contributed by atoms with E-state index in [0.717, 1.165) is 48.3 Å². The summed E-state index contributed by atoms with van der Waals surface area (Å²) in [5, 5.41) is 0. The molecule has 2 aliphatic heterocycles. The van der Waals surface area contributed by atoms with Crippen LogP contribution < -0.4 is 9.47 Å². The van der Waals surface area contributed by atoms with Crippen LogP contribution in [-0.2, 0) is 13.0 Å². The lowest BCUT2D eigenvalue weighted by molar-refractivity contribution is 0.174. The Morgan fingerprint density at radius 2 is 1.83 bits per heavy atom. The molecular formula is C20H24N2O2. The van der Waals surface area contributed by atoms with Gasteiger partial charge in [0.05, 0.1) is 0 Å². The first-order valence-corrected chi connectivity index (χ1v) is 8.71. The summed E-state index contributed by atoms with van der Waals surface area (Å²) in [6.45, 7) is 7.82. The average Bonchev–Trinajstić information content (AvgIpc) is 3.15. The predicted molar refractivity (Wildman–Crippen MR) is 93.4 cm³/mol. The van der Waals surface area contributed by atoms with Gasteiger partial charge in [0.15, 0.2) is 11.5 Å². The Labute approximate surface area is 143 Å². The molecule has 1 fully saturated rings. The van der Waals surface area contributed by atoms with Gasteiger partial charge in [-0.1, -0.05) is 6.07 Å². The van der Waals surface area contributed by atoms with E-state index < -0.39 is 0 Å². The van der Waals surface area contributed by atoms with Gasteiger partial charge in [0.2, 0.25) is 6.79 Å². The molecule has 1 saturated heterocycles. The molecule has 1 unspecified atom stereocenters. The molecule has 0 radical (unpaired) electrons. The number of fused-ring (bicyclic) bond motifs is 1. The number of aryl methyl sites for hydroxylation is 2. The highest BCUT2D eigenvalue weighted by Crippen LogP contribution is 2.33. The maximum atomic E-state index is 5.48. The Balaban J connectivity index is 1.36. The van der Waals surface area contributed by atoms with Crippen LogP contribution in [0.4, 0.5) is 0 Å². The van der Waals surface area contributed by atoms with Crippen molar-refractivity contribution in [3.63, 3.8) is 0 Å². The Morgan fingerprint density at radius 1 is 1.04 bits per heavy atom. The minimum absolute atomic E-state index is 0.343. The molecule has 126 valence electrons. The summed E-state index contributed by atoms with van der Waals surface area (Å²) < 4.78 is 10.9. The zero-order valence-corrected chi connectivity index (χ0v) is 14.4. The molecule has 0 bridgehead atoms. The number of ether oxygens (including phenoxy) is 2. The molecule has 2 aromatic rings. The van der Waals surface area contributed by atoms with Crippen LogP contribution in [0.5, 0.6) is 11.5 Å². The summed E-state index contributed by atoms with van der Waals surface area (Å²) in [5.74, 6) is 2.48. The van der Waals surface area contributed by atoms with Gasteiger partial charge in [-0.25, -0.2) is 0 Å². The van der Waals surface area contributed by atoms with Crippen LogP contribution in [0.3, 0.4) is 0 Å². The van der Waals surface area contributed by atoms with Gasteiger partial charge in [-0.05, 0) is 74.5 Å². The SMILES string of the molecule is Cc1cc(CC2CCN(Cc3ccc4c(c3)OCO4)C2)cc(C)n1. The number of rotatable bonds is 4. The Morgan fingerprint density at radius 3 is 2.67 bits per heavy atom. The highest BCUT2D eigenvalue weighted by Gasteiger charge is 2.23. The van der Waals surface area contributed by atoms with E-state index in [9.17, 15) is 0 Å². The predicted octanol–water partition coefficient (Wildman–Crippen LogP) is 3.49. The van der Waals surface area contributed by atoms with Crippen LogP contribution in [0, 0.1) is 19.8 Å². The monoisotopic (exact) mass is 324 g/mol. The minimum atomic E-state index is 0.343. The van der Waals surface area contributed by atoms with Crippen LogP contribution in [-0.4, -0.2) is 29.8 Å². The first-order chi connectivity index (χ1) is 11.7. The fourth-order valence-electron chi connectivity index (χ4n) is 3.89. The van der Waals surface area contributed by atoms with Crippen molar-refractivity contribution in [1.82, 2.24) is 9.88 Å². The fraction of sp³-hybridized carbons (Fsp3) is 0.450. The van der Waals surface area contributed by atoms with Crippen LogP contribution >= 0.6 is 0 Å². The zero-order valence-electron chi connectivity index (χ0n) is 14.4. The van der Waals surface area contributed by atoms with Gasteiger partial charge in [-0.15, -0.1) is 0 Å². The number of hydrogen-bond acceptors (Lipinski definition) is 4. The summed E-state index contributed by atoms with van der Waals surface area (Å²) in [6, 6.07) is 10.7. The summed E-state index contributed by atoms with van der Waals surface area (Å²) in [6.07, 6.45) is 2.42. The normalized spacial score (nSPS) is 19.8. The highest BCUT2D eigenvalue weighted by atomic mass is 16.7. The van der Waals surface area contributed by atoms with Crippen LogP contribution in [0.15, 0.2) is 30.3 Å². The third kappa shape index (κ3) is 3.39. The molecule has 4 rings (SSSR count). The van der Waals surface area contributed by atoms with Crippen molar-refractivity contribution in [3.05, 3.63) is 52.8 Å². The second-order valence-electron chi connectivity index (χ2n) is 7.04. The zero-order chi connectivity index (χ0) is 16.5. The molecule has 0 N–H and O–H groups in total. The van der Waals surface area contributed by atoms with Gasteiger partial charge in [-0.2, -0.15) is 0 Å². The van der Waals surface area contributed by atoms with Gasteiger partial charge < -0.3 is 9.47 Å². The largest absolute Gasteiger partial charge is 0.454 e. The molecular weight excluding hydrogens is 300 g/mol. The summed E-state index contributed by atoms with van der Waals surface area (Å²) >= 11 is 0. The van der Waals surface area contributed by atoms with E-state index in [2.05, 4.69) is 48.0 Å². The maximum Gasteiger partial charge on any atom is 0.231 e. The molecule has 2 aliphatic rings. The second-order valence-corrected chi connectivity index (χ2v) is 7.04. The van der Waals surface area contributed by atoms with E-state index in [4.69, 9.17) is 9.47 Å². The third-order valence-corrected chi connectivity index (χ3v) is 4.88. The fourth-order valence-corrected chi connectivity index (χ4v) is 3.89. The van der Waals surface area contributed by atoms with E-state index in [0.29, 0.717) is 6.79 Å². The molecule has 4 heteroatoms. The van der Waals surface area contributed by atoms with Gasteiger partial charge in [0.1, 0.15) is 0 Å². The van der Waals surface area contributed by atoms with E-state index in [1.165, 1.54) is 24.1 Å². The van der Waals surface area contributed by atoms with Gasteiger partial charge in [0.25, 0.3) is 0 Å². The third-order valence-electron chi connectivity index (χ3n) is 4.88. The Kier molecular flexibility index (Phi) is 4.15. The van der Waals surface area contributed by atoms with E-state index >= 15 is 0 Å². The Hall–Kier alpha value is -2.07. The lowest BCUT2D eigenvalue weighted by atomic mass is 9.98. The molecule has 0 amide bonds. The minimum Gasteiger partial charge on any atom is -0.454 e. The van der Waals surface area contributed by atoms with E-state index in [1.807, 2.05) is 6.07 Å². The summed E-state index contributed by atoms with van der Waals surface area (Å²) in [7, 11) is 0. The maximum absolute atomic E-state index is 5.48. The summed E-state index contributed by atoms with van der Waals surface area (Å²) in [5.41, 5.74) is 4.98. The molecule has 0 aliphatic carbocycles. The number of benzene rings is 1. The quantitative estimate of drug-likeness (QED) is 0.862. The van der Waals surface area contributed by atoms with Gasteiger partial charge in [0, 0.05) is 24.5 Å². The summed E-state index contributed by atoms with van der Waals surface area (Å²) in [4.78, 5) is 7.02. The number of likely N-dealkylation sites (tertiary alicyclic amines) is 1. The number of hydrogen-bond donors (Lipinski definition) is 0. The van der Waals surface area contributed by atoms with Crippen molar-refractivity contribution in [2.45, 2.75) is 33.2 Å². The lowest BCUT2D eigenvalue weighted by Gasteiger charge is -2.16. The molecule has 3 heterocycles. The van der Waals surface area contributed by atoms with E-state index in [-0.39, 0.29) is 0 Å². The Bertz CT molecular complexity index is 724. The van der Waals surface area contributed by atoms with Crippen molar-refractivity contribution < 1.29 is 9.47 Å². The first kappa shape index (κ1) is 15.5. The average molecular weight is 324 g/mol. The van der Waals surface area contributed by atoms with E-state index in [1.54, 1.807) is 0 Å². The molecule has 1 atom stereocenters. The highest BCUT2D eigenvalue weighted by molar-refractivity contribution is 5.44. The smallest absolute Gasteiger partial charge is 0.231 e. The van der Waals surface area contributed by atoms with Crippen molar-refractivity contribution in [2.24, 2.45) is 5.92 Å². The van der Waals surface area contributed by atoms with Crippen molar-refractivity contribution >= 4 is 0 Å². The van der Waals surface area contributed by atoms with Crippen molar-refractivity contribution in [3.8, 4) is 11.5 Å². The van der Waals surface area contributed by atoms with Crippen LogP contribution in [0.2, 0.25) is 0 Å². The number of nitrogens with zero attached hydrogens (tertiary/aromatic N) is 2. The van der Waals surface area contributed by atoms with Crippen molar-refractivity contribution in [1.29, 1.82) is 0 Å². The molecule has 1 aromatic carbocycles. The first-order valence-electron chi connectivity index (χ1n) is 8.71. The van der Waals surface area contributed by atoms with Gasteiger partial charge in [-0.3, -0.25) is 9.88 Å².